The first-order valence-electron chi connectivity index (χ1n) is 9.51. The monoisotopic (exact) mass is 387 g/mol. The Morgan fingerprint density at radius 1 is 1.22 bits per heavy atom. The molecule has 0 unspecified atom stereocenters. The summed E-state index contributed by atoms with van der Waals surface area (Å²) < 4.78 is 1.48. The van der Waals surface area contributed by atoms with Crippen LogP contribution in [-0.2, 0) is 10.2 Å². The Morgan fingerprint density at radius 3 is 2.56 bits per heavy atom. The maximum absolute atomic E-state index is 12.5. The maximum atomic E-state index is 12.5. The SMILES string of the molecule is C[C@@H]1CCCCN1C(=O)CSc1nnc(-c2ccc(C(C)(C)C)cc2)n1N. The minimum atomic E-state index is 0.0991. The third kappa shape index (κ3) is 4.46. The van der Waals surface area contributed by atoms with E-state index in [1.165, 1.54) is 28.4 Å². The van der Waals surface area contributed by atoms with E-state index in [0.717, 1.165) is 24.9 Å². The summed E-state index contributed by atoms with van der Waals surface area (Å²) in [4.78, 5) is 14.5. The summed E-state index contributed by atoms with van der Waals surface area (Å²) in [6.45, 7) is 9.51. The van der Waals surface area contributed by atoms with Crippen molar-refractivity contribution >= 4 is 17.7 Å². The lowest BCUT2D eigenvalue weighted by molar-refractivity contribution is -0.131. The highest BCUT2D eigenvalue weighted by molar-refractivity contribution is 7.99. The smallest absolute Gasteiger partial charge is 0.233 e. The van der Waals surface area contributed by atoms with E-state index in [1.54, 1.807) is 0 Å². The van der Waals surface area contributed by atoms with Gasteiger partial charge in [0.05, 0.1) is 5.75 Å². The van der Waals surface area contributed by atoms with Crippen LogP contribution >= 0.6 is 11.8 Å². The first-order chi connectivity index (χ1) is 12.8. The lowest BCUT2D eigenvalue weighted by Gasteiger charge is -2.33. The van der Waals surface area contributed by atoms with Gasteiger partial charge in [-0.1, -0.05) is 56.8 Å². The van der Waals surface area contributed by atoms with E-state index in [1.807, 2.05) is 17.0 Å². The number of carbonyl (C=O) groups excluding carboxylic acids is 1. The van der Waals surface area contributed by atoms with Crippen molar-refractivity contribution in [1.82, 2.24) is 19.8 Å². The van der Waals surface area contributed by atoms with Crippen molar-refractivity contribution in [2.24, 2.45) is 0 Å². The van der Waals surface area contributed by atoms with Crippen molar-refractivity contribution in [1.29, 1.82) is 0 Å². The molecule has 2 N–H and O–H groups in total. The van der Waals surface area contributed by atoms with Crippen molar-refractivity contribution in [2.75, 3.05) is 18.1 Å². The number of rotatable bonds is 4. The number of likely N-dealkylation sites (tertiary alicyclic amines) is 1. The molecule has 2 heterocycles. The van der Waals surface area contributed by atoms with Crippen LogP contribution in [0.4, 0.5) is 0 Å². The van der Waals surface area contributed by atoms with Gasteiger partial charge >= 0.3 is 0 Å². The summed E-state index contributed by atoms with van der Waals surface area (Å²) in [6, 6.07) is 8.54. The number of amides is 1. The van der Waals surface area contributed by atoms with Crippen LogP contribution in [-0.4, -0.2) is 44.0 Å². The van der Waals surface area contributed by atoms with Crippen LogP contribution in [0, 0.1) is 0 Å². The van der Waals surface area contributed by atoms with E-state index < -0.39 is 0 Å². The Bertz CT molecular complexity index is 794. The van der Waals surface area contributed by atoms with Gasteiger partial charge in [0.25, 0.3) is 0 Å². The molecule has 3 rings (SSSR count). The van der Waals surface area contributed by atoms with E-state index in [-0.39, 0.29) is 11.3 Å². The zero-order chi connectivity index (χ0) is 19.6. The molecular formula is C20H29N5OS. The van der Waals surface area contributed by atoms with E-state index in [4.69, 9.17) is 5.84 Å². The standard InChI is InChI=1S/C20H29N5OS/c1-14-7-5-6-12-24(14)17(26)13-27-19-23-22-18(25(19)21)15-8-10-16(11-9-15)20(2,3)4/h8-11,14H,5-7,12-13,21H2,1-4H3/t14-/m1/s1. The molecule has 1 aromatic carbocycles. The fraction of sp³-hybridized carbons (Fsp3) is 0.550. The summed E-state index contributed by atoms with van der Waals surface area (Å²) in [6.07, 6.45) is 3.37. The molecule has 6 nitrogen and oxygen atoms in total. The zero-order valence-electron chi connectivity index (χ0n) is 16.6. The van der Waals surface area contributed by atoms with Gasteiger partial charge in [-0.15, -0.1) is 10.2 Å². The van der Waals surface area contributed by atoms with Crippen molar-refractivity contribution in [3.8, 4) is 11.4 Å². The van der Waals surface area contributed by atoms with Crippen LogP contribution in [0.2, 0.25) is 0 Å². The Labute approximate surface area is 165 Å². The van der Waals surface area contributed by atoms with Crippen molar-refractivity contribution in [3.05, 3.63) is 29.8 Å². The van der Waals surface area contributed by atoms with Gasteiger partial charge in [-0.25, -0.2) is 4.68 Å². The average Bonchev–Trinajstić information content (AvgIpc) is 3.00. The van der Waals surface area contributed by atoms with Gasteiger partial charge in [-0.3, -0.25) is 4.79 Å². The summed E-state index contributed by atoms with van der Waals surface area (Å²) >= 11 is 1.35. The molecule has 27 heavy (non-hydrogen) atoms. The van der Waals surface area contributed by atoms with E-state index in [9.17, 15) is 4.79 Å². The highest BCUT2D eigenvalue weighted by Crippen LogP contribution is 2.27. The number of hydrogen-bond donors (Lipinski definition) is 1. The van der Waals surface area contributed by atoms with Crippen LogP contribution in [0.1, 0.15) is 52.5 Å². The van der Waals surface area contributed by atoms with E-state index in [2.05, 4.69) is 50.0 Å². The minimum absolute atomic E-state index is 0.0991. The van der Waals surface area contributed by atoms with Gasteiger partial charge in [0, 0.05) is 18.2 Å². The Hall–Kier alpha value is -2.02. The maximum Gasteiger partial charge on any atom is 0.233 e. The molecule has 7 heteroatoms. The van der Waals surface area contributed by atoms with Gasteiger partial charge in [0.2, 0.25) is 11.1 Å². The van der Waals surface area contributed by atoms with Crippen molar-refractivity contribution in [2.45, 2.75) is 63.6 Å². The quantitative estimate of drug-likeness (QED) is 0.642. The van der Waals surface area contributed by atoms with Gasteiger partial charge in [-0.05, 0) is 37.2 Å². The third-order valence-corrected chi connectivity index (χ3v) is 6.05. The molecule has 0 aliphatic carbocycles. The predicted octanol–water partition coefficient (Wildman–Crippen LogP) is 3.45. The van der Waals surface area contributed by atoms with Gasteiger partial charge < -0.3 is 10.7 Å². The number of nitrogens with two attached hydrogens (primary N) is 1. The number of carbonyl (C=O) groups is 1. The summed E-state index contributed by atoms with van der Waals surface area (Å²) in [5.41, 5.74) is 2.27. The Morgan fingerprint density at radius 2 is 1.93 bits per heavy atom. The molecule has 0 bridgehead atoms. The van der Waals surface area contributed by atoms with Crippen molar-refractivity contribution < 1.29 is 4.79 Å². The van der Waals surface area contributed by atoms with Crippen molar-refractivity contribution in [3.63, 3.8) is 0 Å². The lowest BCUT2D eigenvalue weighted by Crippen LogP contribution is -2.43. The molecule has 1 saturated heterocycles. The molecule has 1 aliphatic rings. The number of nitrogens with zero attached hydrogens (tertiary/aromatic N) is 4. The highest BCUT2D eigenvalue weighted by Gasteiger charge is 2.24. The van der Waals surface area contributed by atoms with Crippen LogP contribution in [0.3, 0.4) is 0 Å². The third-order valence-electron chi connectivity index (χ3n) is 5.12. The highest BCUT2D eigenvalue weighted by atomic mass is 32.2. The van der Waals surface area contributed by atoms with E-state index >= 15 is 0 Å². The molecule has 1 aliphatic heterocycles. The fourth-order valence-electron chi connectivity index (χ4n) is 3.37. The van der Waals surface area contributed by atoms with Crippen LogP contribution < -0.4 is 5.84 Å². The number of benzene rings is 1. The van der Waals surface area contributed by atoms with E-state index in [0.29, 0.717) is 22.8 Å². The number of hydrogen-bond acceptors (Lipinski definition) is 5. The second kappa shape index (κ2) is 7.92. The molecule has 1 fully saturated rings. The molecule has 1 amide bonds. The molecule has 1 atom stereocenters. The molecule has 1 aromatic heterocycles. The van der Waals surface area contributed by atoms with Crippen LogP contribution in [0.15, 0.2) is 29.4 Å². The first-order valence-corrected chi connectivity index (χ1v) is 10.5. The second-order valence-corrected chi connectivity index (χ2v) is 9.17. The normalized spacial score (nSPS) is 17.9. The predicted molar refractivity (Wildman–Crippen MR) is 110 cm³/mol. The zero-order valence-corrected chi connectivity index (χ0v) is 17.4. The largest absolute Gasteiger partial charge is 0.339 e. The Balaban J connectivity index is 1.67. The number of thioether (sulfide) groups is 1. The molecule has 0 spiro atoms. The van der Waals surface area contributed by atoms with Gasteiger partial charge in [0.1, 0.15) is 0 Å². The molecule has 146 valence electrons. The summed E-state index contributed by atoms with van der Waals surface area (Å²) in [5.74, 6) is 7.29. The first kappa shape index (κ1) is 19.7. The lowest BCUT2D eigenvalue weighted by atomic mass is 9.87. The van der Waals surface area contributed by atoms with Gasteiger partial charge in [0.15, 0.2) is 5.82 Å². The molecule has 0 saturated carbocycles. The molecule has 0 radical (unpaired) electrons. The van der Waals surface area contributed by atoms with Crippen LogP contribution in [0.5, 0.6) is 0 Å². The number of piperidine rings is 1. The topological polar surface area (TPSA) is 77.0 Å². The second-order valence-electron chi connectivity index (χ2n) is 8.22. The summed E-state index contributed by atoms with van der Waals surface area (Å²) in [5, 5.41) is 8.96. The molecular weight excluding hydrogens is 358 g/mol. The number of aromatic nitrogens is 3. The Kier molecular flexibility index (Phi) is 5.79. The fourth-order valence-corrected chi connectivity index (χ4v) is 4.11. The van der Waals surface area contributed by atoms with Crippen LogP contribution in [0.25, 0.3) is 11.4 Å². The number of nitrogen functional groups attached to an aromatic ring is 1. The van der Waals surface area contributed by atoms with Gasteiger partial charge in [-0.2, -0.15) is 0 Å². The summed E-state index contributed by atoms with van der Waals surface area (Å²) in [7, 11) is 0. The molecule has 2 aromatic rings. The minimum Gasteiger partial charge on any atom is -0.339 e. The average molecular weight is 388 g/mol.